The van der Waals surface area contributed by atoms with E-state index in [1.807, 2.05) is 5.01 Å². The van der Waals surface area contributed by atoms with Gasteiger partial charge in [-0.1, -0.05) is 10.4 Å². The van der Waals surface area contributed by atoms with Gasteiger partial charge in [0, 0.05) is 12.1 Å². The highest BCUT2D eigenvalue weighted by Gasteiger charge is 2.09. The monoisotopic (exact) mass is 265 g/mol. The molecule has 0 saturated heterocycles. The molecule has 0 aromatic carbocycles. The van der Waals surface area contributed by atoms with Crippen molar-refractivity contribution in [3.63, 3.8) is 0 Å². The van der Waals surface area contributed by atoms with E-state index in [4.69, 9.17) is 14.4 Å². The lowest BCUT2D eigenvalue weighted by molar-refractivity contribution is 0.374. The summed E-state index contributed by atoms with van der Waals surface area (Å²) in [6, 6.07) is 0.731. The Hall–Kier alpha value is -1.02. The van der Waals surface area contributed by atoms with Gasteiger partial charge in [-0.3, -0.25) is 0 Å². The number of tetrazole rings is 1. The van der Waals surface area contributed by atoms with Gasteiger partial charge in [-0.2, -0.15) is 0 Å². The molecule has 4 N–H and O–H groups in total. The molecule has 1 rings (SSSR count). The fourth-order valence-electron chi connectivity index (χ4n) is 1.27. The van der Waals surface area contributed by atoms with E-state index in [0.29, 0.717) is 12.1 Å². The lowest BCUT2D eigenvalue weighted by Gasteiger charge is -2.36. The fourth-order valence-corrected chi connectivity index (χ4v) is 1.27. The highest BCUT2D eigenvalue weighted by Crippen LogP contribution is 2.20. The molecule has 0 atom stereocenters. The number of nitrogens with two attached hydrogens (primary N) is 1. The molecule has 100 valence electrons. The third kappa shape index (κ3) is 7.81. The van der Waals surface area contributed by atoms with Crippen molar-refractivity contribution in [2.24, 2.45) is 5.50 Å². The Morgan fingerprint density at radius 2 is 1.71 bits per heavy atom. The first-order chi connectivity index (χ1) is 7.63. The van der Waals surface area contributed by atoms with E-state index in [2.05, 4.69) is 55.1 Å². The highest BCUT2D eigenvalue weighted by molar-refractivity contribution is 7.49. The molecule has 10 heteroatoms. The second-order valence-electron chi connectivity index (χ2n) is 3.82. The summed E-state index contributed by atoms with van der Waals surface area (Å²) in [5.41, 5.74) is 4.02. The Kier molecular flexibility index (Phi) is 6.25. The number of nitrogens with zero attached hydrogens (tertiary/aromatic N) is 5. The summed E-state index contributed by atoms with van der Waals surface area (Å²) in [6.45, 7) is 8.37. The van der Waals surface area contributed by atoms with Crippen LogP contribution in [-0.2, 0) is 4.57 Å². The lowest BCUT2D eigenvalue weighted by atomic mass is 10.3. The zero-order chi connectivity index (χ0) is 13.6. The molecular weight excluding hydrogens is 247 g/mol. The predicted molar refractivity (Wildman–Crippen MR) is 61.4 cm³/mol. The molecule has 1 aromatic heterocycles. The van der Waals surface area contributed by atoms with Crippen LogP contribution in [-0.4, -0.2) is 42.2 Å². The highest BCUT2D eigenvalue weighted by atomic mass is 31.2. The normalized spacial score (nSPS) is 11.4. The second-order valence-corrected chi connectivity index (χ2v) is 5.00. The molecule has 0 aliphatic carbocycles. The van der Waals surface area contributed by atoms with E-state index in [0.717, 1.165) is 0 Å². The summed E-state index contributed by atoms with van der Waals surface area (Å²) in [7, 11) is -4.14. The van der Waals surface area contributed by atoms with Crippen LogP contribution < -0.4 is 10.5 Å². The second kappa shape index (κ2) is 6.65. The maximum Gasteiger partial charge on any atom is 0.397 e. The summed E-state index contributed by atoms with van der Waals surface area (Å²) in [6.07, 6.45) is 2.67. The molecule has 0 aliphatic rings. The molecule has 1 heterocycles. The topological polar surface area (TPSA) is 130 Å². The Labute approximate surface area is 99.8 Å². The largest absolute Gasteiger partial charge is 0.397 e. The average Bonchev–Trinajstić information content (AvgIpc) is 2.51. The van der Waals surface area contributed by atoms with Crippen LogP contribution in [0.1, 0.15) is 27.7 Å². The first-order valence-corrected chi connectivity index (χ1v) is 6.60. The van der Waals surface area contributed by atoms with Gasteiger partial charge in [-0.25, -0.2) is 16.4 Å². The number of aromatic nitrogens is 4. The minimum Gasteiger partial charge on any atom is -0.329 e. The van der Waals surface area contributed by atoms with Crippen LogP contribution in [0.4, 0.5) is 0 Å². The van der Waals surface area contributed by atoms with E-state index in [1.165, 1.54) is 0 Å². The SMILES string of the molecule is CC(C)N(C(C)C)n1[c-]nnn1.NP(=O)(O)O. The van der Waals surface area contributed by atoms with Crippen molar-refractivity contribution < 1.29 is 14.4 Å². The molecule has 0 fully saturated rings. The molecule has 1 aromatic rings. The third-order valence-corrected chi connectivity index (χ3v) is 1.58. The molecule has 0 saturated carbocycles. The van der Waals surface area contributed by atoms with Crippen molar-refractivity contribution >= 4 is 7.75 Å². The molecular formula is C7H18N6O3P-. The maximum atomic E-state index is 9.10. The summed E-state index contributed by atoms with van der Waals surface area (Å²) in [5.74, 6) is 0. The fraction of sp³-hybridized carbons (Fsp3) is 0.857. The van der Waals surface area contributed by atoms with Crippen LogP contribution in [0.3, 0.4) is 0 Å². The quantitative estimate of drug-likeness (QED) is 0.481. The van der Waals surface area contributed by atoms with Crippen LogP contribution in [0.15, 0.2) is 0 Å². The van der Waals surface area contributed by atoms with Gasteiger partial charge in [0.25, 0.3) is 0 Å². The maximum absolute atomic E-state index is 9.10. The van der Waals surface area contributed by atoms with Crippen LogP contribution in [0, 0.1) is 6.33 Å². The van der Waals surface area contributed by atoms with Gasteiger partial charge in [0.15, 0.2) is 0 Å². The van der Waals surface area contributed by atoms with Gasteiger partial charge in [-0.15, -0.1) is 0 Å². The van der Waals surface area contributed by atoms with Gasteiger partial charge in [0.05, 0.1) is 0 Å². The zero-order valence-corrected chi connectivity index (χ0v) is 11.1. The van der Waals surface area contributed by atoms with E-state index in [1.54, 1.807) is 4.79 Å². The van der Waals surface area contributed by atoms with Gasteiger partial charge in [-0.05, 0) is 27.7 Å². The van der Waals surface area contributed by atoms with E-state index < -0.39 is 7.75 Å². The molecule has 9 nitrogen and oxygen atoms in total. The molecule has 0 amide bonds. The lowest BCUT2D eigenvalue weighted by Crippen LogP contribution is -2.46. The smallest absolute Gasteiger partial charge is 0.329 e. The van der Waals surface area contributed by atoms with Gasteiger partial charge in [0.2, 0.25) is 0 Å². The van der Waals surface area contributed by atoms with E-state index in [-0.39, 0.29) is 0 Å². The minimum absolute atomic E-state index is 0.366. The predicted octanol–water partition coefficient (Wildman–Crippen LogP) is -0.734. The average molecular weight is 265 g/mol. The number of rotatable bonds is 3. The standard InChI is InChI=1S/C7H14N5.H4NO3P/c1-6(2)12(7(3)4)11-5-8-9-10-11;1-5(2,3)4/h6-7H,1-4H3;(H4,1,2,3,4)/q-1;. The molecule has 0 unspecified atom stereocenters. The summed E-state index contributed by atoms with van der Waals surface area (Å²) >= 11 is 0. The number of hydrogen-bond acceptors (Lipinski definition) is 5. The molecule has 0 radical (unpaired) electrons. The van der Waals surface area contributed by atoms with Crippen molar-refractivity contribution in [2.75, 3.05) is 5.01 Å². The summed E-state index contributed by atoms with van der Waals surface area (Å²) in [4.78, 5) is 16.4. The van der Waals surface area contributed by atoms with Crippen molar-refractivity contribution in [3.05, 3.63) is 6.33 Å². The Morgan fingerprint density at radius 3 is 1.94 bits per heavy atom. The van der Waals surface area contributed by atoms with E-state index in [9.17, 15) is 0 Å². The van der Waals surface area contributed by atoms with Gasteiger partial charge < -0.3 is 24.7 Å². The Balaban J connectivity index is 0.000000437. The molecule has 0 bridgehead atoms. The zero-order valence-electron chi connectivity index (χ0n) is 10.2. The Morgan fingerprint density at radius 1 is 1.29 bits per heavy atom. The van der Waals surface area contributed by atoms with Crippen molar-refractivity contribution in [1.82, 2.24) is 20.3 Å². The Bertz CT molecular complexity index is 332. The molecule has 17 heavy (non-hydrogen) atoms. The van der Waals surface area contributed by atoms with Gasteiger partial charge in [0.1, 0.15) is 0 Å². The molecule has 0 spiro atoms. The number of hydrogen-bond donors (Lipinski definition) is 3. The van der Waals surface area contributed by atoms with Crippen molar-refractivity contribution in [3.8, 4) is 0 Å². The molecule has 0 aliphatic heterocycles. The van der Waals surface area contributed by atoms with Crippen molar-refractivity contribution in [2.45, 2.75) is 39.8 Å². The first kappa shape index (κ1) is 16.0. The van der Waals surface area contributed by atoms with Crippen LogP contribution in [0.25, 0.3) is 0 Å². The summed E-state index contributed by atoms with van der Waals surface area (Å²) < 4.78 is 9.10. The first-order valence-electron chi connectivity index (χ1n) is 4.91. The minimum atomic E-state index is -4.14. The van der Waals surface area contributed by atoms with Crippen LogP contribution in [0.5, 0.6) is 0 Å². The van der Waals surface area contributed by atoms with Gasteiger partial charge >= 0.3 is 7.75 Å². The van der Waals surface area contributed by atoms with Crippen LogP contribution >= 0.6 is 7.75 Å². The van der Waals surface area contributed by atoms with Crippen molar-refractivity contribution in [1.29, 1.82) is 0 Å². The van der Waals surface area contributed by atoms with E-state index >= 15 is 0 Å². The third-order valence-electron chi connectivity index (χ3n) is 1.58. The summed E-state index contributed by atoms with van der Waals surface area (Å²) in [5, 5.41) is 12.8. The van der Waals surface area contributed by atoms with Crippen LogP contribution in [0.2, 0.25) is 0 Å².